The highest BCUT2D eigenvalue weighted by atomic mass is 32.1. The zero-order chi connectivity index (χ0) is 19.6. The molecule has 0 radical (unpaired) electrons. The molecule has 0 bridgehead atoms. The molecule has 2 amide bonds. The number of carbonyl (C=O) groups excluding carboxylic acids is 2. The lowest BCUT2D eigenvalue weighted by Gasteiger charge is -2.22. The fraction of sp³-hybridized carbons (Fsp3) is 0.158. The van der Waals surface area contributed by atoms with Crippen LogP contribution in [0.5, 0.6) is 0 Å². The van der Waals surface area contributed by atoms with Gasteiger partial charge in [-0.15, -0.1) is 11.3 Å². The molecule has 27 heavy (non-hydrogen) atoms. The maximum Gasteiger partial charge on any atom is 0.313 e. The van der Waals surface area contributed by atoms with Crippen molar-refractivity contribution in [2.75, 3.05) is 11.9 Å². The van der Waals surface area contributed by atoms with Crippen LogP contribution in [-0.2, 0) is 15.2 Å². The summed E-state index contributed by atoms with van der Waals surface area (Å²) in [5.74, 6) is -3.85. The number of rotatable bonds is 4. The summed E-state index contributed by atoms with van der Waals surface area (Å²) < 4.78 is 27.7. The Bertz CT molecular complexity index is 984. The molecular formula is C19H16F2N2O3S. The monoisotopic (exact) mass is 390 g/mol. The first-order chi connectivity index (χ1) is 12.8. The number of nitrogens with one attached hydrogen (secondary N) is 2. The third-order valence-corrected chi connectivity index (χ3v) is 5.30. The first kappa shape index (κ1) is 18.9. The molecule has 3 N–H and O–H groups in total. The summed E-state index contributed by atoms with van der Waals surface area (Å²) in [5.41, 5.74) is -1.84. The van der Waals surface area contributed by atoms with Crippen LogP contribution in [0.25, 0.3) is 10.1 Å². The number of fused-ring (bicyclic) bond motifs is 1. The molecular weight excluding hydrogens is 374 g/mol. The van der Waals surface area contributed by atoms with E-state index in [4.69, 9.17) is 0 Å². The summed E-state index contributed by atoms with van der Waals surface area (Å²) in [4.78, 5) is 24.5. The van der Waals surface area contributed by atoms with Gasteiger partial charge >= 0.3 is 11.8 Å². The highest BCUT2D eigenvalue weighted by Crippen LogP contribution is 2.32. The minimum absolute atomic E-state index is 0.224. The maximum absolute atomic E-state index is 13.5. The molecule has 3 aromatic rings. The van der Waals surface area contributed by atoms with Gasteiger partial charge in [-0.25, -0.2) is 8.78 Å². The van der Waals surface area contributed by atoms with E-state index in [0.717, 1.165) is 28.3 Å². The highest BCUT2D eigenvalue weighted by molar-refractivity contribution is 7.19. The molecule has 0 spiro atoms. The minimum atomic E-state index is -1.40. The molecule has 1 unspecified atom stereocenters. The van der Waals surface area contributed by atoms with Gasteiger partial charge in [0.1, 0.15) is 17.2 Å². The van der Waals surface area contributed by atoms with E-state index in [1.807, 2.05) is 35.6 Å². The van der Waals surface area contributed by atoms with E-state index in [0.29, 0.717) is 4.88 Å². The molecule has 3 rings (SSSR count). The van der Waals surface area contributed by atoms with Crippen molar-refractivity contribution in [3.8, 4) is 0 Å². The summed E-state index contributed by atoms with van der Waals surface area (Å²) in [6.45, 7) is 1.29. The van der Waals surface area contributed by atoms with Gasteiger partial charge in [-0.05, 0) is 36.6 Å². The normalized spacial score (nSPS) is 13.2. The predicted octanol–water partition coefficient (Wildman–Crippen LogP) is 3.14. The van der Waals surface area contributed by atoms with Crippen molar-refractivity contribution < 1.29 is 23.5 Å². The molecule has 0 fully saturated rings. The molecule has 1 atom stereocenters. The Labute approximate surface area is 157 Å². The van der Waals surface area contributed by atoms with E-state index >= 15 is 0 Å². The van der Waals surface area contributed by atoms with Gasteiger partial charge in [-0.1, -0.05) is 18.2 Å². The Morgan fingerprint density at radius 2 is 1.85 bits per heavy atom. The number of hydrogen-bond donors (Lipinski definition) is 3. The van der Waals surface area contributed by atoms with E-state index in [9.17, 15) is 23.5 Å². The van der Waals surface area contributed by atoms with Gasteiger partial charge in [0.2, 0.25) is 0 Å². The Hall–Kier alpha value is -2.84. The van der Waals surface area contributed by atoms with Crippen LogP contribution in [0.15, 0.2) is 48.5 Å². The Morgan fingerprint density at radius 3 is 2.59 bits per heavy atom. The Balaban J connectivity index is 1.65. The van der Waals surface area contributed by atoms with Crippen LogP contribution in [-0.4, -0.2) is 23.5 Å². The number of hydrogen-bond acceptors (Lipinski definition) is 4. The van der Waals surface area contributed by atoms with Crippen LogP contribution in [0.4, 0.5) is 14.5 Å². The lowest BCUT2D eigenvalue weighted by Crippen LogP contribution is -2.43. The summed E-state index contributed by atoms with van der Waals surface area (Å²) in [7, 11) is 0. The second kappa shape index (κ2) is 7.42. The predicted molar refractivity (Wildman–Crippen MR) is 99.4 cm³/mol. The summed E-state index contributed by atoms with van der Waals surface area (Å²) in [6, 6.07) is 11.9. The molecule has 1 heterocycles. The maximum atomic E-state index is 13.5. The van der Waals surface area contributed by atoms with Crippen molar-refractivity contribution in [3.05, 3.63) is 65.0 Å². The van der Waals surface area contributed by atoms with Crippen molar-refractivity contribution in [1.29, 1.82) is 0 Å². The molecule has 5 nitrogen and oxygen atoms in total. The third kappa shape index (κ3) is 4.29. The standard InChI is InChI=1S/C19H16F2N2O3S/c1-19(26,16-8-11-4-2-3-5-15(11)27-16)10-22-17(24)18(25)23-14-9-12(20)6-7-13(14)21/h2-9,26H,10H2,1H3,(H,22,24)(H,23,25). The van der Waals surface area contributed by atoms with E-state index in [2.05, 4.69) is 5.32 Å². The quantitative estimate of drug-likeness (QED) is 0.599. The van der Waals surface area contributed by atoms with Gasteiger partial charge in [-0.2, -0.15) is 0 Å². The number of carbonyl (C=O) groups is 2. The van der Waals surface area contributed by atoms with Crippen LogP contribution >= 0.6 is 11.3 Å². The zero-order valence-corrected chi connectivity index (χ0v) is 15.1. The number of aliphatic hydroxyl groups is 1. The van der Waals surface area contributed by atoms with Crippen LogP contribution in [0.2, 0.25) is 0 Å². The second-order valence-corrected chi connectivity index (χ2v) is 7.27. The number of amides is 2. The first-order valence-electron chi connectivity index (χ1n) is 8.02. The summed E-state index contributed by atoms with van der Waals surface area (Å²) in [6.07, 6.45) is 0. The van der Waals surface area contributed by atoms with Crippen molar-refractivity contribution in [1.82, 2.24) is 5.32 Å². The molecule has 0 aliphatic heterocycles. The number of anilines is 1. The molecule has 140 valence electrons. The average Bonchev–Trinajstić information content (AvgIpc) is 3.08. The van der Waals surface area contributed by atoms with Gasteiger partial charge in [0.05, 0.1) is 12.2 Å². The molecule has 0 aliphatic rings. The Kier molecular flexibility index (Phi) is 5.20. The van der Waals surface area contributed by atoms with Crippen LogP contribution in [0, 0.1) is 11.6 Å². The lowest BCUT2D eigenvalue weighted by atomic mass is 10.0. The van der Waals surface area contributed by atoms with Gasteiger partial charge in [0.15, 0.2) is 0 Å². The molecule has 0 aliphatic carbocycles. The number of benzene rings is 2. The minimum Gasteiger partial charge on any atom is -0.383 e. The number of thiophene rings is 1. The number of halogens is 2. The average molecular weight is 390 g/mol. The smallest absolute Gasteiger partial charge is 0.313 e. The summed E-state index contributed by atoms with van der Waals surface area (Å²) in [5, 5.41) is 15.9. The van der Waals surface area contributed by atoms with Crippen LogP contribution < -0.4 is 10.6 Å². The highest BCUT2D eigenvalue weighted by Gasteiger charge is 2.27. The van der Waals surface area contributed by atoms with Crippen molar-refractivity contribution >= 4 is 38.9 Å². The first-order valence-corrected chi connectivity index (χ1v) is 8.83. The molecule has 0 saturated carbocycles. The zero-order valence-electron chi connectivity index (χ0n) is 14.3. The van der Waals surface area contributed by atoms with E-state index < -0.39 is 34.7 Å². The summed E-state index contributed by atoms with van der Waals surface area (Å²) >= 11 is 1.38. The van der Waals surface area contributed by atoms with E-state index in [1.54, 1.807) is 0 Å². The molecule has 1 aromatic heterocycles. The van der Waals surface area contributed by atoms with Crippen molar-refractivity contribution in [2.45, 2.75) is 12.5 Å². The lowest BCUT2D eigenvalue weighted by molar-refractivity contribution is -0.136. The van der Waals surface area contributed by atoms with E-state index in [1.165, 1.54) is 18.3 Å². The van der Waals surface area contributed by atoms with Crippen molar-refractivity contribution in [2.24, 2.45) is 0 Å². The topological polar surface area (TPSA) is 78.4 Å². The molecule has 0 saturated heterocycles. The third-order valence-electron chi connectivity index (χ3n) is 3.93. The van der Waals surface area contributed by atoms with Gasteiger partial charge < -0.3 is 15.7 Å². The van der Waals surface area contributed by atoms with Crippen molar-refractivity contribution in [3.63, 3.8) is 0 Å². The van der Waals surface area contributed by atoms with Crippen LogP contribution in [0.3, 0.4) is 0 Å². The fourth-order valence-electron chi connectivity index (χ4n) is 2.44. The van der Waals surface area contributed by atoms with Gasteiger partial charge in [-0.3, -0.25) is 9.59 Å². The van der Waals surface area contributed by atoms with Crippen LogP contribution in [0.1, 0.15) is 11.8 Å². The van der Waals surface area contributed by atoms with Gasteiger partial charge in [0.25, 0.3) is 0 Å². The second-order valence-electron chi connectivity index (χ2n) is 6.18. The molecule has 8 heteroatoms. The van der Waals surface area contributed by atoms with Gasteiger partial charge in [0, 0.05) is 15.6 Å². The van der Waals surface area contributed by atoms with E-state index in [-0.39, 0.29) is 6.54 Å². The largest absolute Gasteiger partial charge is 0.383 e. The SMILES string of the molecule is CC(O)(CNC(=O)C(=O)Nc1cc(F)ccc1F)c1cc2ccccc2s1. The Morgan fingerprint density at radius 1 is 1.11 bits per heavy atom. The molecule has 2 aromatic carbocycles. The fourth-order valence-corrected chi connectivity index (χ4v) is 3.55.